The third-order valence-corrected chi connectivity index (χ3v) is 2.70. The van der Waals surface area contributed by atoms with Crippen LogP contribution >= 0.6 is 0 Å². The molecule has 0 bridgehead atoms. The van der Waals surface area contributed by atoms with E-state index < -0.39 is 5.82 Å². The Hall–Kier alpha value is -2.37. The van der Waals surface area contributed by atoms with Crippen LogP contribution in [0.1, 0.15) is 16.8 Å². The summed E-state index contributed by atoms with van der Waals surface area (Å²) in [6.07, 6.45) is 6.06. The smallest absolute Gasteiger partial charge is 0.251 e. The molecule has 2 aromatic rings. The zero-order valence-corrected chi connectivity index (χ0v) is 10.3. The van der Waals surface area contributed by atoms with E-state index in [1.165, 1.54) is 12.1 Å². The van der Waals surface area contributed by atoms with Crippen LogP contribution in [0.4, 0.5) is 10.1 Å². The molecule has 0 atom stereocenters. The lowest BCUT2D eigenvalue weighted by Gasteiger charge is -2.06. The van der Waals surface area contributed by atoms with Gasteiger partial charge in [-0.3, -0.25) is 4.79 Å². The molecule has 19 heavy (non-hydrogen) atoms. The summed E-state index contributed by atoms with van der Waals surface area (Å²) in [6.45, 7) is 1.29. The summed E-state index contributed by atoms with van der Waals surface area (Å²) in [5.74, 6) is -0.879. The zero-order valence-electron chi connectivity index (χ0n) is 10.3. The maximum absolute atomic E-state index is 13.2. The number of nitrogens with two attached hydrogens (primary N) is 1. The number of amides is 1. The summed E-state index contributed by atoms with van der Waals surface area (Å²) >= 11 is 0. The predicted molar refractivity (Wildman–Crippen MR) is 70.0 cm³/mol. The molecule has 0 saturated heterocycles. The molecule has 0 aliphatic carbocycles. The molecular formula is C13H15FN4O. The number of nitrogens with zero attached hydrogens (tertiary/aromatic N) is 2. The summed E-state index contributed by atoms with van der Waals surface area (Å²) in [5, 5.41) is 2.73. The fourth-order valence-corrected chi connectivity index (χ4v) is 1.65. The van der Waals surface area contributed by atoms with Crippen LogP contribution in [0.5, 0.6) is 0 Å². The molecule has 0 unspecified atom stereocenters. The number of hydrogen-bond acceptors (Lipinski definition) is 3. The molecule has 1 aromatic heterocycles. The molecule has 0 fully saturated rings. The van der Waals surface area contributed by atoms with Gasteiger partial charge in [0, 0.05) is 31.0 Å². The monoisotopic (exact) mass is 262 g/mol. The first-order chi connectivity index (χ1) is 9.16. The minimum absolute atomic E-state index is 0.0386. The van der Waals surface area contributed by atoms with Crippen molar-refractivity contribution in [3.05, 3.63) is 48.3 Å². The van der Waals surface area contributed by atoms with E-state index in [-0.39, 0.29) is 17.2 Å². The second kappa shape index (κ2) is 5.99. The summed E-state index contributed by atoms with van der Waals surface area (Å²) in [4.78, 5) is 15.7. The first kappa shape index (κ1) is 13.1. The number of anilines is 1. The second-order valence-electron chi connectivity index (χ2n) is 4.15. The number of benzene rings is 1. The van der Waals surface area contributed by atoms with Gasteiger partial charge in [-0.15, -0.1) is 0 Å². The van der Waals surface area contributed by atoms with Crippen molar-refractivity contribution in [2.24, 2.45) is 0 Å². The molecule has 0 radical (unpaired) electrons. The van der Waals surface area contributed by atoms with Crippen LogP contribution in [0, 0.1) is 5.82 Å². The molecule has 1 amide bonds. The number of imidazole rings is 1. The van der Waals surface area contributed by atoms with Gasteiger partial charge < -0.3 is 15.6 Å². The number of rotatable bonds is 5. The zero-order chi connectivity index (χ0) is 13.7. The number of nitrogens with one attached hydrogen (secondary N) is 1. The predicted octanol–water partition coefficient (Wildman–Crippen LogP) is 1.42. The Bertz CT molecular complexity index is 554. The normalized spacial score (nSPS) is 10.4. The molecule has 0 saturated carbocycles. The van der Waals surface area contributed by atoms with Gasteiger partial charge in [-0.2, -0.15) is 0 Å². The standard InChI is InChI=1S/C13H15FN4O/c14-11-8-10(2-3-12(11)15)13(19)17-4-1-6-18-7-5-16-9-18/h2-3,5,7-9H,1,4,6,15H2,(H,17,19). The molecule has 2 rings (SSSR count). The summed E-state index contributed by atoms with van der Waals surface area (Å²) in [7, 11) is 0. The second-order valence-corrected chi connectivity index (χ2v) is 4.15. The van der Waals surface area contributed by atoms with Gasteiger partial charge in [-0.1, -0.05) is 0 Å². The van der Waals surface area contributed by atoms with E-state index in [1.54, 1.807) is 12.5 Å². The number of aryl methyl sites for hydroxylation is 1. The average molecular weight is 262 g/mol. The van der Waals surface area contributed by atoms with Crippen LogP contribution in [0.15, 0.2) is 36.9 Å². The molecule has 0 aliphatic rings. The lowest BCUT2D eigenvalue weighted by molar-refractivity contribution is 0.0952. The number of halogens is 1. The van der Waals surface area contributed by atoms with Gasteiger partial charge in [-0.05, 0) is 24.6 Å². The topological polar surface area (TPSA) is 72.9 Å². The van der Waals surface area contributed by atoms with Gasteiger partial charge in [0.2, 0.25) is 0 Å². The summed E-state index contributed by atoms with van der Waals surface area (Å²) in [5.41, 5.74) is 5.66. The number of carbonyl (C=O) groups excluding carboxylic acids is 1. The van der Waals surface area contributed by atoms with Gasteiger partial charge in [-0.25, -0.2) is 9.37 Å². The minimum atomic E-state index is -0.578. The van der Waals surface area contributed by atoms with Gasteiger partial charge in [0.25, 0.3) is 5.91 Å². The van der Waals surface area contributed by atoms with E-state index >= 15 is 0 Å². The lowest BCUT2D eigenvalue weighted by Crippen LogP contribution is -2.25. The fourth-order valence-electron chi connectivity index (χ4n) is 1.65. The summed E-state index contributed by atoms with van der Waals surface area (Å²) < 4.78 is 15.1. The highest BCUT2D eigenvalue weighted by molar-refractivity contribution is 5.94. The summed E-state index contributed by atoms with van der Waals surface area (Å²) in [6, 6.07) is 4.03. The van der Waals surface area contributed by atoms with Crippen molar-refractivity contribution in [1.29, 1.82) is 0 Å². The van der Waals surface area contributed by atoms with Gasteiger partial charge in [0.1, 0.15) is 5.82 Å². The first-order valence-electron chi connectivity index (χ1n) is 5.96. The molecular weight excluding hydrogens is 247 g/mol. The molecule has 1 aromatic carbocycles. The Kier molecular flexibility index (Phi) is 4.12. The van der Waals surface area contributed by atoms with Crippen LogP contribution in [-0.4, -0.2) is 22.0 Å². The van der Waals surface area contributed by atoms with Crippen LogP contribution < -0.4 is 11.1 Å². The van der Waals surface area contributed by atoms with E-state index in [0.29, 0.717) is 6.54 Å². The third kappa shape index (κ3) is 3.54. The largest absolute Gasteiger partial charge is 0.396 e. The molecule has 100 valence electrons. The quantitative estimate of drug-likeness (QED) is 0.632. The first-order valence-corrected chi connectivity index (χ1v) is 5.96. The molecule has 0 aliphatic heterocycles. The molecule has 0 spiro atoms. The number of aromatic nitrogens is 2. The van der Waals surface area contributed by atoms with E-state index in [4.69, 9.17) is 5.73 Å². The van der Waals surface area contributed by atoms with Crippen molar-refractivity contribution < 1.29 is 9.18 Å². The van der Waals surface area contributed by atoms with Gasteiger partial charge in [0.15, 0.2) is 0 Å². The third-order valence-electron chi connectivity index (χ3n) is 2.70. The number of nitrogen functional groups attached to an aromatic ring is 1. The Balaban J connectivity index is 1.79. The Morgan fingerprint density at radius 3 is 3.00 bits per heavy atom. The maximum atomic E-state index is 13.2. The van der Waals surface area contributed by atoms with Gasteiger partial charge in [0.05, 0.1) is 12.0 Å². The fraction of sp³-hybridized carbons (Fsp3) is 0.231. The van der Waals surface area contributed by atoms with Crippen LogP contribution in [0.2, 0.25) is 0 Å². The van der Waals surface area contributed by atoms with E-state index in [9.17, 15) is 9.18 Å². The van der Waals surface area contributed by atoms with Crippen molar-refractivity contribution in [2.45, 2.75) is 13.0 Å². The van der Waals surface area contributed by atoms with E-state index in [2.05, 4.69) is 10.3 Å². The van der Waals surface area contributed by atoms with Crippen LogP contribution in [-0.2, 0) is 6.54 Å². The minimum Gasteiger partial charge on any atom is -0.396 e. The Labute approximate surface area is 110 Å². The average Bonchev–Trinajstić information content (AvgIpc) is 2.91. The van der Waals surface area contributed by atoms with Crippen molar-refractivity contribution in [1.82, 2.24) is 14.9 Å². The Morgan fingerprint density at radius 1 is 1.47 bits per heavy atom. The van der Waals surface area contributed by atoms with E-state index in [0.717, 1.165) is 19.0 Å². The lowest BCUT2D eigenvalue weighted by atomic mass is 10.2. The number of hydrogen-bond donors (Lipinski definition) is 2. The van der Waals surface area contributed by atoms with Crippen molar-refractivity contribution in [3.63, 3.8) is 0 Å². The molecule has 6 heteroatoms. The SMILES string of the molecule is Nc1ccc(C(=O)NCCCn2ccnc2)cc1F. The molecule has 3 N–H and O–H groups in total. The highest BCUT2D eigenvalue weighted by Crippen LogP contribution is 2.11. The van der Waals surface area contributed by atoms with Crippen LogP contribution in [0.3, 0.4) is 0 Å². The van der Waals surface area contributed by atoms with Crippen LogP contribution in [0.25, 0.3) is 0 Å². The number of carbonyl (C=O) groups is 1. The van der Waals surface area contributed by atoms with Crippen molar-refractivity contribution in [3.8, 4) is 0 Å². The highest BCUT2D eigenvalue weighted by Gasteiger charge is 2.07. The van der Waals surface area contributed by atoms with Gasteiger partial charge >= 0.3 is 0 Å². The maximum Gasteiger partial charge on any atom is 0.251 e. The Morgan fingerprint density at radius 2 is 2.32 bits per heavy atom. The van der Waals surface area contributed by atoms with Crippen molar-refractivity contribution >= 4 is 11.6 Å². The van der Waals surface area contributed by atoms with Crippen molar-refractivity contribution in [2.75, 3.05) is 12.3 Å². The molecule has 5 nitrogen and oxygen atoms in total. The molecule has 1 heterocycles. The van der Waals surface area contributed by atoms with E-state index in [1.807, 2.05) is 10.8 Å². The highest BCUT2D eigenvalue weighted by atomic mass is 19.1.